The third-order valence-corrected chi connectivity index (χ3v) is 2.52. The number of nitrogens with zero attached hydrogens (tertiary/aromatic N) is 3. The Morgan fingerprint density at radius 2 is 2.00 bits per heavy atom. The largest absolute Gasteiger partial charge is 0.399 e. The molecule has 2 N–H and O–H groups in total. The molecule has 1 aliphatic heterocycles. The number of hydrogen-bond donors (Lipinski definition) is 1. The van der Waals surface area contributed by atoms with E-state index in [1.165, 1.54) is 0 Å². The lowest BCUT2D eigenvalue weighted by Crippen LogP contribution is -2.23. The van der Waals surface area contributed by atoms with E-state index in [1.54, 1.807) is 29.2 Å². The first-order valence-corrected chi connectivity index (χ1v) is 4.74. The molecule has 0 aliphatic carbocycles. The fourth-order valence-corrected chi connectivity index (χ4v) is 1.68. The average Bonchev–Trinajstić information content (AvgIpc) is 2.84. The van der Waals surface area contributed by atoms with Gasteiger partial charge in [-0.05, 0) is 29.4 Å². The van der Waals surface area contributed by atoms with Crippen molar-refractivity contribution in [1.82, 2.24) is 10.3 Å². The van der Waals surface area contributed by atoms with E-state index >= 15 is 0 Å². The summed E-state index contributed by atoms with van der Waals surface area (Å²) in [5, 5.41) is 7.24. The Morgan fingerprint density at radius 3 is 2.69 bits per heavy atom. The second-order valence-corrected chi connectivity index (χ2v) is 3.54. The summed E-state index contributed by atoms with van der Waals surface area (Å²) in [7, 11) is 0. The maximum atomic E-state index is 11.9. The molecule has 0 unspecified atom stereocenters. The molecule has 1 aromatic carbocycles. The first-order valence-electron chi connectivity index (χ1n) is 4.74. The number of fused-ring (bicyclic) bond motifs is 1. The molecule has 0 radical (unpaired) electrons. The maximum absolute atomic E-state index is 11.9. The van der Waals surface area contributed by atoms with Crippen LogP contribution in [0.15, 0.2) is 28.9 Å². The highest BCUT2D eigenvalue weighted by Gasteiger charge is 2.33. The van der Waals surface area contributed by atoms with Crippen LogP contribution >= 0.6 is 0 Å². The molecule has 3 rings (SSSR count). The molecule has 1 amide bonds. The quantitative estimate of drug-likeness (QED) is 0.713. The van der Waals surface area contributed by atoms with Gasteiger partial charge in [0.05, 0.1) is 6.54 Å². The number of hydrogen-bond acceptors (Lipinski definition) is 5. The van der Waals surface area contributed by atoms with E-state index in [2.05, 4.69) is 14.9 Å². The van der Waals surface area contributed by atoms with Crippen molar-refractivity contribution in [2.75, 3.05) is 10.6 Å². The number of nitrogen functional groups attached to an aromatic ring is 1. The molecule has 0 atom stereocenters. The van der Waals surface area contributed by atoms with E-state index in [0.29, 0.717) is 17.9 Å². The molecule has 2 aromatic rings. The summed E-state index contributed by atoms with van der Waals surface area (Å²) in [5.41, 5.74) is 7.88. The van der Waals surface area contributed by atoms with Crippen molar-refractivity contribution in [2.45, 2.75) is 6.54 Å². The van der Waals surface area contributed by atoms with Crippen molar-refractivity contribution < 1.29 is 9.42 Å². The Bertz CT molecular complexity index is 546. The van der Waals surface area contributed by atoms with Gasteiger partial charge in [0.2, 0.25) is 0 Å². The van der Waals surface area contributed by atoms with E-state index < -0.39 is 0 Å². The van der Waals surface area contributed by atoms with Crippen LogP contribution in [0.1, 0.15) is 16.2 Å². The zero-order valence-corrected chi connectivity index (χ0v) is 8.25. The summed E-state index contributed by atoms with van der Waals surface area (Å²) in [4.78, 5) is 13.5. The highest BCUT2D eigenvalue weighted by atomic mass is 16.6. The minimum Gasteiger partial charge on any atom is -0.399 e. The van der Waals surface area contributed by atoms with Gasteiger partial charge in [0, 0.05) is 11.4 Å². The summed E-state index contributed by atoms with van der Waals surface area (Å²) in [6.45, 7) is 0.390. The Labute approximate surface area is 90.6 Å². The molecule has 16 heavy (non-hydrogen) atoms. The molecule has 2 heterocycles. The molecule has 80 valence electrons. The third kappa shape index (κ3) is 1.16. The normalized spacial score (nSPS) is 14.2. The summed E-state index contributed by atoms with van der Waals surface area (Å²) in [6, 6.07) is 7.07. The monoisotopic (exact) mass is 216 g/mol. The van der Waals surface area contributed by atoms with Gasteiger partial charge in [-0.1, -0.05) is 5.16 Å². The second kappa shape index (κ2) is 3.06. The van der Waals surface area contributed by atoms with E-state index in [1.807, 2.05) is 0 Å². The highest BCUT2D eigenvalue weighted by Crippen LogP contribution is 2.26. The lowest BCUT2D eigenvalue weighted by molar-refractivity contribution is 0.0984. The Kier molecular flexibility index (Phi) is 1.70. The standard InChI is InChI=1S/C10H8N4O2/c11-6-1-3-7(4-2-6)14-5-8-9(10(14)15)13-16-12-8/h1-4H,5,11H2. The van der Waals surface area contributed by atoms with Gasteiger partial charge in [0.1, 0.15) is 5.69 Å². The minimum atomic E-state index is -0.193. The van der Waals surface area contributed by atoms with Crippen LogP contribution in [0.3, 0.4) is 0 Å². The van der Waals surface area contributed by atoms with Crippen molar-refractivity contribution in [3.8, 4) is 0 Å². The zero-order chi connectivity index (χ0) is 11.1. The van der Waals surface area contributed by atoms with Gasteiger partial charge in [-0.3, -0.25) is 4.79 Å². The van der Waals surface area contributed by atoms with Gasteiger partial charge in [0.25, 0.3) is 5.91 Å². The lowest BCUT2D eigenvalue weighted by atomic mass is 10.2. The lowest BCUT2D eigenvalue weighted by Gasteiger charge is -2.14. The average molecular weight is 216 g/mol. The molecule has 6 nitrogen and oxygen atoms in total. The van der Waals surface area contributed by atoms with Crippen LogP contribution in [0.4, 0.5) is 11.4 Å². The van der Waals surface area contributed by atoms with Crippen LogP contribution in [0, 0.1) is 0 Å². The first-order chi connectivity index (χ1) is 7.75. The Balaban J connectivity index is 1.97. The van der Waals surface area contributed by atoms with Crippen LogP contribution in [0.25, 0.3) is 0 Å². The number of aromatic nitrogens is 2. The fourth-order valence-electron chi connectivity index (χ4n) is 1.68. The van der Waals surface area contributed by atoms with Crippen molar-refractivity contribution >= 4 is 17.3 Å². The number of carbonyl (C=O) groups excluding carboxylic acids is 1. The van der Waals surface area contributed by atoms with E-state index in [0.717, 1.165) is 5.69 Å². The van der Waals surface area contributed by atoms with Crippen LogP contribution in [0.2, 0.25) is 0 Å². The summed E-state index contributed by atoms with van der Waals surface area (Å²) in [6.07, 6.45) is 0. The molecular weight excluding hydrogens is 208 g/mol. The second-order valence-electron chi connectivity index (χ2n) is 3.54. The SMILES string of the molecule is Nc1ccc(N2Cc3nonc3C2=O)cc1. The first kappa shape index (κ1) is 8.90. The van der Waals surface area contributed by atoms with Crippen LogP contribution in [-0.4, -0.2) is 16.2 Å². The molecule has 0 spiro atoms. The third-order valence-electron chi connectivity index (χ3n) is 2.52. The molecular formula is C10H8N4O2. The van der Waals surface area contributed by atoms with Gasteiger partial charge in [0.15, 0.2) is 5.69 Å². The van der Waals surface area contributed by atoms with Gasteiger partial charge >= 0.3 is 0 Å². The maximum Gasteiger partial charge on any atom is 0.282 e. The Hall–Kier alpha value is -2.37. The molecule has 1 aliphatic rings. The summed E-state index contributed by atoms with van der Waals surface area (Å²) in [5.74, 6) is -0.193. The number of benzene rings is 1. The molecule has 0 saturated carbocycles. The molecule has 0 bridgehead atoms. The van der Waals surface area contributed by atoms with Gasteiger partial charge in [-0.2, -0.15) is 0 Å². The number of nitrogens with two attached hydrogens (primary N) is 1. The molecule has 6 heteroatoms. The number of amides is 1. The summed E-state index contributed by atoms with van der Waals surface area (Å²) >= 11 is 0. The predicted octanol–water partition coefficient (Wildman–Crippen LogP) is 0.812. The van der Waals surface area contributed by atoms with Crippen LogP contribution < -0.4 is 10.6 Å². The van der Waals surface area contributed by atoms with E-state index in [-0.39, 0.29) is 11.6 Å². The van der Waals surface area contributed by atoms with Crippen molar-refractivity contribution in [3.05, 3.63) is 35.7 Å². The van der Waals surface area contributed by atoms with E-state index in [4.69, 9.17) is 5.73 Å². The minimum absolute atomic E-state index is 0.193. The molecule has 0 fully saturated rings. The predicted molar refractivity (Wildman–Crippen MR) is 55.7 cm³/mol. The number of anilines is 2. The number of carbonyl (C=O) groups is 1. The smallest absolute Gasteiger partial charge is 0.282 e. The topological polar surface area (TPSA) is 85.2 Å². The van der Waals surface area contributed by atoms with E-state index in [9.17, 15) is 4.79 Å². The highest BCUT2D eigenvalue weighted by molar-refractivity contribution is 6.08. The zero-order valence-electron chi connectivity index (χ0n) is 8.25. The fraction of sp³-hybridized carbons (Fsp3) is 0.100. The number of rotatable bonds is 1. The van der Waals surface area contributed by atoms with Crippen LogP contribution in [0.5, 0.6) is 0 Å². The van der Waals surface area contributed by atoms with Gasteiger partial charge < -0.3 is 10.6 Å². The van der Waals surface area contributed by atoms with Crippen molar-refractivity contribution in [1.29, 1.82) is 0 Å². The summed E-state index contributed by atoms with van der Waals surface area (Å²) < 4.78 is 4.49. The van der Waals surface area contributed by atoms with Crippen LogP contribution in [-0.2, 0) is 6.54 Å². The van der Waals surface area contributed by atoms with Crippen molar-refractivity contribution in [3.63, 3.8) is 0 Å². The van der Waals surface area contributed by atoms with Crippen molar-refractivity contribution in [2.24, 2.45) is 0 Å². The molecule has 1 aromatic heterocycles. The Morgan fingerprint density at radius 1 is 1.25 bits per heavy atom. The molecule has 0 saturated heterocycles. The van der Waals surface area contributed by atoms with Gasteiger partial charge in [-0.25, -0.2) is 4.63 Å². The van der Waals surface area contributed by atoms with Gasteiger partial charge in [-0.15, -0.1) is 0 Å².